The second-order valence-corrected chi connectivity index (χ2v) is 5.07. The van der Waals surface area contributed by atoms with Crippen molar-refractivity contribution in [2.24, 2.45) is 0 Å². The molecule has 1 aromatic rings. The first-order valence-corrected chi connectivity index (χ1v) is 6.97. The topological polar surface area (TPSA) is 93.5 Å². The number of anilines is 2. The number of nitrogens with one attached hydrogen (secondary N) is 2. The van der Waals surface area contributed by atoms with Gasteiger partial charge in [0.15, 0.2) is 0 Å². The van der Waals surface area contributed by atoms with Crippen molar-refractivity contribution in [3.8, 4) is 0 Å². The smallest absolute Gasteiger partial charge is 0.313 e. The maximum Gasteiger partial charge on any atom is 0.313 e. The molecule has 6 heteroatoms. The molecule has 1 rings (SSSR count). The molecule has 0 saturated heterocycles. The van der Waals surface area contributed by atoms with Crippen molar-refractivity contribution in [1.82, 2.24) is 5.32 Å². The lowest BCUT2D eigenvalue weighted by molar-refractivity contribution is -0.136. The first-order valence-electron chi connectivity index (χ1n) is 6.97. The van der Waals surface area contributed by atoms with Gasteiger partial charge in [-0.05, 0) is 44.9 Å². The van der Waals surface area contributed by atoms with E-state index in [0.717, 1.165) is 5.56 Å². The first-order chi connectivity index (χ1) is 9.90. The molecule has 4 N–H and O–H groups in total. The van der Waals surface area contributed by atoms with Crippen LogP contribution in [0.1, 0.15) is 25.8 Å². The summed E-state index contributed by atoms with van der Waals surface area (Å²) < 4.78 is 5.34. The second-order valence-electron chi connectivity index (χ2n) is 5.07. The Balaban J connectivity index is 2.36. The zero-order valence-corrected chi connectivity index (χ0v) is 12.7. The predicted octanol–water partition coefficient (Wildman–Crippen LogP) is 1.45. The van der Waals surface area contributed by atoms with Gasteiger partial charge in [-0.1, -0.05) is 6.07 Å². The van der Waals surface area contributed by atoms with Crippen molar-refractivity contribution in [3.05, 3.63) is 23.8 Å². The average Bonchev–Trinajstić information content (AvgIpc) is 2.40. The molecule has 0 heterocycles. The van der Waals surface area contributed by atoms with Crippen LogP contribution >= 0.6 is 0 Å². The molecule has 21 heavy (non-hydrogen) atoms. The third-order valence-corrected chi connectivity index (χ3v) is 2.72. The van der Waals surface area contributed by atoms with E-state index in [2.05, 4.69) is 10.6 Å². The van der Waals surface area contributed by atoms with Crippen molar-refractivity contribution in [1.29, 1.82) is 0 Å². The van der Waals surface area contributed by atoms with Crippen LogP contribution in [-0.4, -0.2) is 31.1 Å². The van der Waals surface area contributed by atoms with Crippen LogP contribution in [0.3, 0.4) is 0 Å². The third-order valence-electron chi connectivity index (χ3n) is 2.72. The van der Waals surface area contributed by atoms with Crippen molar-refractivity contribution >= 4 is 23.2 Å². The van der Waals surface area contributed by atoms with E-state index >= 15 is 0 Å². The third kappa shape index (κ3) is 6.27. The molecule has 0 saturated carbocycles. The van der Waals surface area contributed by atoms with Crippen LogP contribution < -0.4 is 16.4 Å². The summed E-state index contributed by atoms with van der Waals surface area (Å²) in [6.45, 7) is 6.72. The maximum atomic E-state index is 11.7. The van der Waals surface area contributed by atoms with Gasteiger partial charge in [-0.15, -0.1) is 0 Å². The van der Waals surface area contributed by atoms with Crippen molar-refractivity contribution in [2.45, 2.75) is 33.3 Å². The van der Waals surface area contributed by atoms with Gasteiger partial charge in [0, 0.05) is 13.2 Å². The fraction of sp³-hybridized carbons (Fsp3) is 0.467. The van der Waals surface area contributed by atoms with Gasteiger partial charge in [-0.2, -0.15) is 0 Å². The fourth-order valence-electron chi connectivity index (χ4n) is 1.65. The van der Waals surface area contributed by atoms with E-state index in [4.69, 9.17) is 10.5 Å². The van der Waals surface area contributed by atoms with E-state index in [1.807, 2.05) is 26.8 Å². The van der Waals surface area contributed by atoms with Gasteiger partial charge in [0.2, 0.25) is 0 Å². The lowest BCUT2D eigenvalue weighted by Gasteiger charge is -2.10. The summed E-state index contributed by atoms with van der Waals surface area (Å²) in [6, 6.07) is 5.22. The first kappa shape index (κ1) is 17.0. The van der Waals surface area contributed by atoms with E-state index in [0.29, 0.717) is 30.9 Å². The van der Waals surface area contributed by atoms with Crippen molar-refractivity contribution in [3.63, 3.8) is 0 Å². The molecule has 0 bridgehead atoms. The Hall–Kier alpha value is -2.08. The monoisotopic (exact) mass is 293 g/mol. The standard InChI is InChI=1S/C15H23N3O3/c1-10(2)21-8-4-7-17-14(19)15(20)18-13-6-5-11(3)9-12(13)16/h5-6,9-10H,4,7-8,16H2,1-3H3,(H,17,19)(H,18,20). The zero-order valence-electron chi connectivity index (χ0n) is 12.7. The molecule has 6 nitrogen and oxygen atoms in total. The Kier molecular flexibility index (Phi) is 6.68. The number of nitrogens with two attached hydrogens (primary N) is 1. The Morgan fingerprint density at radius 2 is 2.00 bits per heavy atom. The highest BCUT2D eigenvalue weighted by atomic mass is 16.5. The molecular formula is C15H23N3O3. The van der Waals surface area contributed by atoms with Gasteiger partial charge in [0.1, 0.15) is 0 Å². The normalized spacial score (nSPS) is 10.5. The molecule has 0 spiro atoms. The molecule has 0 unspecified atom stereocenters. The second kappa shape index (κ2) is 8.26. The van der Waals surface area contributed by atoms with Crippen LogP contribution in [0.25, 0.3) is 0 Å². The van der Waals surface area contributed by atoms with Gasteiger partial charge >= 0.3 is 11.8 Å². The highest BCUT2D eigenvalue weighted by molar-refractivity contribution is 6.39. The molecule has 0 aliphatic heterocycles. The largest absolute Gasteiger partial charge is 0.397 e. The van der Waals surface area contributed by atoms with E-state index in [1.54, 1.807) is 12.1 Å². The Labute approximate surface area is 125 Å². The van der Waals surface area contributed by atoms with Crippen molar-refractivity contribution in [2.75, 3.05) is 24.2 Å². The number of ether oxygens (including phenoxy) is 1. The summed E-state index contributed by atoms with van der Waals surface area (Å²) in [5.74, 6) is -1.41. The lowest BCUT2D eigenvalue weighted by Crippen LogP contribution is -2.36. The number of hydrogen-bond donors (Lipinski definition) is 3. The summed E-state index contributed by atoms with van der Waals surface area (Å²) in [6.07, 6.45) is 0.817. The number of nitrogen functional groups attached to an aromatic ring is 1. The van der Waals surface area contributed by atoms with Crippen LogP contribution in [0.4, 0.5) is 11.4 Å². The highest BCUT2D eigenvalue weighted by Crippen LogP contribution is 2.19. The Bertz CT molecular complexity index is 501. The van der Waals surface area contributed by atoms with Gasteiger partial charge in [0.05, 0.1) is 17.5 Å². The summed E-state index contributed by atoms with van der Waals surface area (Å²) in [5, 5.41) is 5.02. The summed E-state index contributed by atoms with van der Waals surface area (Å²) in [5.41, 5.74) is 7.63. The molecule has 0 atom stereocenters. The van der Waals surface area contributed by atoms with Gasteiger partial charge < -0.3 is 21.1 Å². The SMILES string of the molecule is Cc1ccc(NC(=O)C(=O)NCCCOC(C)C)c(N)c1. The summed E-state index contributed by atoms with van der Waals surface area (Å²) >= 11 is 0. The van der Waals surface area contributed by atoms with E-state index in [9.17, 15) is 9.59 Å². The van der Waals surface area contributed by atoms with Gasteiger partial charge in [0.25, 0.3) is 0 Å². The van der Waals surface area contributed by atoms with Crippen LogP contribution in [0, 0.1) is 6.92 Å². The predicted molar refractivity (Wildman–Crippen MR) is 82.9 cm³/mol. The number of carbonyl (C=O) groups is 2. The van der Waals surface area contributed by atoms with Crippen molar-refractivity contribution < 1.29 is 14.3 Å². The summed E-state index contributed by atoms with van der Waals surface area (Å²) in [7, 11) is 0. The van der Waals surface area contributed by atoms with E-state index in [-0.39, 0.29) is 6.10 Å². The van der Waals surface area contributed by atoms with E-state index in [1.165, 1.54) is 0 Å². The summed E-state index contributed by atoms with van der Waals surface area (Å²) in [4.78, 5) is 23.3. The minimum Gasteiger partial charge on any atom is -0.397 e. The fourth-order valence-corrected chi connectivity index (χ4v) is 1.65. The van der Waals surface area contributed by atoms with Crippen LogP contribution in [-0.2, 0) is 14.3 Å². The van der Waals surface area contributed by atoms with E-state index < -0.39 is 11.8 Å². The number of benzene rings is 1. The van der Waals surface area contributed by atoms with Gasteiger partial charge in [-0.25, -0.2) is 0 Å². The number of carbonyl (C=O) groups excluding carboxylic acids is 2. The number of aryl methyl sites for hydroxylation is 1. The van der Waals surface area contributed by atoms with Gasteiger partial charge in [-0.3, -0.25) is 9.59 Å². The maximum absolute atomic E-state index is 11.7. The average molecular weight is 293 g/mol. The highest BCUT2D eigenvalue weighted by Gasteiger charge is 2.14. The van der Waals surface area contributed by atoms with Crippen LogP contribution in [0.2, 0.25) is 0 Å². The minimum absolute atomic E-state index is 0.161. The van der Waals surface area contributed by atoms with Crippen LogP contribution in [0.15, 0.2) is 18.2 Å². The molecule has 2 amide bonds. The molecule has 0 radical (unpaired) electrons. The number of amides is 2. The minimum atomic E-state index is -0.727. The number of rotatable bonds is 6. The lowest BCUT2D eigenvalue weighted by atomic mass is 10.2. The number of hydrogen-bond acceptors (Lipinski definition) is 4. The zero-order chi connectivity index (χ0) is 15.8. The molecule has 0 aromatic heterocycles. The molecular weight excluding hydrogens is 270 g/mol. The molecule has 0 fully saturated rings. The Morgan fingerprint density at radius 1 is 1.29 bits per heavy atom. The Morgan fingerprint density at radius 3 is 2.62 bits per heavy atom. The molecule has 116 valence electrons. The van der Waals surface area contributed by atoms with Crippen LogP contribution in [0.5, 0.6) is 0 Å². The molecule has 1 aromatic carbocycles. The molecule has 0 aliphatic carbocycles. The quantitative estimate of drug-likeness (QED) is 0.420. The molecule has 0 aliphatic rings.